The number of hydrogen-bond acceptors (Lipinski definition) is 3. The largest absolute Gasteiger partial charge is 0.345 e. The summed E-state index contributed by atoms with van der Waals surface area (Å²) in [5, 5.41) is 3.23. The first-order chi connectivity index (χ1) is 12.3. The molecule has 1 aliphatic carbocycles. The molecule has 0 unspecified atom stereocenters. The summed E-state index contributed by atoms with van der Waals surface area (Å²) in [6.07, 6.45) is 2.83. The van der Waals surface area contributed by atoms with Gasteiger partial charge < -0.3 is 5.32 Å². The Morgan fingerprint density at radius 3 is 2.65 bits per heavy atom. The molecule has 1 amide bonds. The highest BCUT2D eigenvalue weighted by Crippen LogP contribution is 2.30. The Morgan fingerprint density at radius 1 is 1.19 bits per heavy atom. The maximum Gasteiger partial charge on any atom is 0.253 e. The molecule has 5 nitrogen and oxygen atoms in total. The Hall–Kier alpha value is -1.89. The average molecular weight is 393 g/mol. The third-order valence-electron chi connectivity index (χ3n) is 4.64. The summed E-state index contributed by atoms with van der Waals surface area (Å²) in [5.41, 5.74) is 2.51. The Morgan fingerprint density at radius 2 is 1.92 bits per heavy atom. The molecule has 1 N–H and O–H groups in total. The van der Waals surface area contributed by atoms with Crippen LogP contribution in [0.5, 0.6) is 0 Å². The summed E-state index contributed by atoms with van der Waals surface area (Å²) in [4.78, 5) is 12.8. The Kier molecular flexibility index (Phi) is 5.37. The molecule has 26 heavy (non-hydrogen) atoms. The van der Waals surface area contributed by atoms with Crippen molar-refractivity contribution in [3.05, 3.63) is 64.2 Å². The first kappa shape index (κ1) is 18.9. The van der Waals surface area contributed by atoms with E-state index in [4.69, 9.17) is 11.6 Å². The molecule has 3 rings (SSSR count). The van der Waals surface area contributed by atoms with Crippen molar-refractivity contribution in [2.75, 3.05) is 14.1 Å². The summed E-state index contributed by atoms with van der Waals surface area (Å²) in [7, 11) is -0.743. The van der Waals surface area contributed by atoms with E-state index in [9.17, 15) is 13.2 Å². The number of halogens is 1. The molecule has 0 aliphatic heterocycles. The number of amides is 1. The minimum Gasteiger partial charge on any atom is -0.345 e. The van der Waals surface area contributed by atoms with E-state index in [1.54, 1.807) is 0 Å². The number of carbonyl (C=O) groups is 1. The molecule has 0 saturated carbocycles. The fraction of sp³-hybridized carbons (Fsp3) is 0.316. The fourth-order valence-electron chi connectivity index (χ4n) is 3.19. The van der Waals surface area contributed by atoms with Crippen LogP contribution >= 0.6 is 11.6 Å². The predicted octanol–water partition coefficient (Wildman–Crippen LogP) is 3.40. The van der Waals surface area contributed by atoms with Crippen LogP contribution in [0, 0.1) is 0 Å². The van der Waals surface area contributed by atoms with Gasteiger partial charge in [0, 0.05) is 14.1 Å². The number of hydrogen-bond donors (Lipinski definition) is 1. The number of rotatable bonds is 4. The number of nitrogens with zero attached hydrogens (tertiary/aromatic N) is 1. The van der Waals surface area contributed by atoms with Gasteiger partial charge in [0.2, 0.25) is 10.0 Å². The normalized spacial score (nSPS) is 17.0. The number of nitrogens with one attached hydrogen (secondary N) is 1. The summed E-state index contributed by atoms with van der Waals surface area (Å²) in [6.45, 7) is 0. The molecule has 0 saturated heterocycles. The van der Waals surface area contributed by atoms with Crippen molar-refractivity contribution >= 4 is 27.5 Å². The van der Waals surface area contributed by atoms with Gasteiger partial charge in [-0.3, -0.25) is 4.79 Å². The fourth-order valence-corrected chi connectivity index (χ4v) is 4.32. The van der Waals surface area contributed by atoms with Crippen molar-refractivity contribution in [2.45, 2.75) is 30.2 Å². The molecule has 0 fully saturated rings. The van der Waals surface area contributed by atoms with Crippen LogP contribution in [0.25, 0.3) is 0 Å². The van der Waals surface area contributed by atoms with Crippen LogP contribution in [0.4, 0.5) is 0 Å². The van der Waals surface area contributed by atoms with Crippen LogP contribution in [0.3, 0.4) is 0 Å². The van der Waals surface area contributed by atoms with Crippen molar-refractivity contribution < 1.29 is 13.2 Å². The summed E-state index contributed by atoms with van der Waals surface area (Å²) in [6, 6.07) is 12.1. The van der Waals surface area contributed by atoms with Crippen LogP contribution in [0.2, 0.25) is 5.02 Å². The zero-order valence-electron chi connectivity index (χ0n) is 14.7. The van der Waals surface area contributed by atoms with E-state index in [1.165, 1.54) is 37.9 Å². The standard InChI is InChI=1S/C19H21ClN2O3S/c1-22(2)26(24,25)14-10-11-17(20)16(12-14)19(23)21-18-9-5-7-13-6-3-4-8-15(13)18/h3-4,6,8,10-12,18H,5,7,9H2,1-2H3,(H,21,23)/t18-/m0/s1. The van der Waals surface area contributed by atoms with Gasteiger partial charge in [0.25, 0.3) is 5.91 Å². The maximum absolute atomic E-state index is 12.8. The molecule has 0 heterocycles. The summed E-state index contributed by atoms with van der Waals surface area (Å²) >= 11 is 6.17. The predicted molar refractivity (Wildman–Crippen MR) is 102 cm³/mol. The van der Waals surface area contributed by atoms with Gasteiger partial charge in [-0.1, -0.05) is 35.9 Å². The van der Waals surface area contributed by atoms with Crippen molar-refractivity contribution in [3.8, 4) is 0 Å². The van der Waals surface area contributed by atoms with Gasteiger partial charge in [-0.2, -0.15) is 0 Å². The third kappa shape index (κ3) is 3.63. The zero-order chi connectivity index (χ0) is 18.9. The first-order valence-corrected chi connectivity index (χ1v) is 10.2. The maximum atomic E-state index is 12.8. The third-order valence-corrected chi connectivity index (χ3v) is 6.78. The number of benzene rings is 2. The molecule has 1 atom stereocenters. The average Bonchev–Trinajstić information content (AvgIpc) is 2.62. The van der Waals surface area contributed by atoms with Crippen LogP contribution < -0.4 is 5.32 Å². The lowest BCUT2D eigenvalue weighted by Crippen LogP contribution is -2.31. The molecule has 1 aliphatic rings. The SMILES string of the molecule is CN(C)S(=O)(=O)c1ccc(Cl)c(C(=O)N[C@H]2CCCc3ccccc32)c1. The molecule has 2 aromatic rings. The van der Waals surface area contributed by atoms with E-state index >= 15 is 0 Å². The Labute approximate surface area is 159 Å². The molecular weight excluding hydrogens is 372 g/mol. The van der Waals surface area contributed by atoms with E-state index in [0.29, 0.717) is 0 Å². The van der Waals surface area contributed by atoms with E-state index in [-0.39, 0.29) is 27.4 Å². The van der Waals surface area contributed by atoms with E-state index in [1.807, 2.05) is 18.2 Å². The van der Waals surface area contributed by atoms with Crippen LogP contribution in [-0.4, -0.2) is 32.7 Å². The lowest BCUT2D eigenvalue weighted by molar-refractivity contribution is 0.0932. The Balaban J connectivity index is 1.90. The quantitative estimate of drug-likeness (QED) is 0.867. The van der Waals surface area contributed by atoms with Crippen molar-refractivity contribution in [1.29, 1.82) is 0 Å². The first-order valence-electron chi connectivity index (χ1n) is 8.41. The highest BCUT2D eigenvalue weighted by molar-refractivity contribution is 7.89. The zero-order valence-corrected chi connectivity index (χ0v) is 16.3. The minimum atomic E-state index is -3.64. The summed E-state index contributed by atoms with van der Waals surface area (Å²) < 4.78 is 25.8. The van der Waals surface area contributed by atoms with E-state index in [2.05, 4.69) is 11.4 Å². The van der Waals surface area contributed by atoms with Crippen LogP contribution in [-0.2, 0) is 16.4 Å². The second-order valence-corrected chi connectivity index (χ2v) is 9.11. The van der Waals surface area contributed by atoms with Crippen molar-refractivity contribution in [1.82, 2.24) is 9.62 Å². The van der Waals surface area contributed by atoms with Gasteiger partial charge >= 0.3 is 0 Å². The smallest absolute Gasteiger partial charge is 0.253 e. The molecule has 0 spiro atoms. The van der Waals surface area contributed by atoms with E-state index in [0.717, 1.165) is 29.1 Å². The van der Waals surface area contributed by atoms with Gasteiger partial charge in [0.1, 0.15) is 0 Å². The monoisotopic (exact) mass is 392 g/mol. The highest BCUT2D eigenvalue weighted by atomic mass is 35.5. The minimum absolute atomic E-state index is 0.0427. The van der Waals surface area contributed by atoms with Crippen LogP contribution in [0.1, 0.15) is 40.4 Å². The van der Waals surface area contributed by atoms with Crippen molar-refractivity contribution in [2.24, 2.45) is 0 Å². The van der Waals surface area contributed by atoms with Gasteiger partial charge in [-0.05, 0) is 48.6 Å². The molecule has 0 bridgehead atoms. The highest BCUT2D eigenvalue weighted by Gasteiger charge is 2.25. The molecule has 0 radical (unpaired) electrons. The van der Waals surface area contributed by atoms with E-state index < -0.39 is 10.0 Å². The number of aryl methyl sites for hydroxylation is 1. The van der Waals surface area contributed by atoms with Gasteiger partial charge in [0.15, 0.2) is 0 Å². The molecule has 0 aromatic heterocycles. The molecule has 2 aromatic carbocycles. The Bertz CT molecular complexity index is 942. The number of sulfonamides is 1. The van der Waals surface area contributed by atoms with Gasteiger partial charge in [0.05, 0.1) is 21.5 Å². The number of fused-ring (bicyclic) bond motifs is 1. The topological polar surface area (TPSA) is 66.5 Å². The second kappa shape index (κ2) is 7.39. The lowest BCUT2D eigenvalue weighted by Gasteiger charge is -2.26. The molecular formula is C19H21ClN2O3S. The molecule has 138 valence electrons. The van der Waals surface area contributed by atoms with Gasteiger partial charge in [-0.25, -0.2) is 12.7 Å². The van der Waals surface area contributed by atoms with Gasteiger partial charge in [-0.15, -0.1) is 0 Å². The van der Waals surface area contributed by atoms with Crippen LogP contribution in [0.15, 0.2) is 47.4 Å². The second-order valence-electron chi connectivity index (χ2n) is 6.55. The number of carbonyl (C=O) groups excluding carboxylic acids is 1. The molecule has 7 heteroatoms. The summed E-state index contributed by atoms with van der Waals surface area (Å²) in [5.74, 6) is -0.368. The lowest BCUT2D eigenvalue weighted by atomic mass is 9.87. The van der Waals surface area contributed by atoms with Crippen molar-refractivity contribution in [3.63, 3.8) is 0 Å².